The van der Waals surface area contributed by atoms with Gasteiger partial charge >= 0.3 is 5.97 Å². The minimum absolute atomic E-state index is 0.0905. The van der Waals surface area contributed by atoms with Crippen LogP contribution in [0.1, 0.15) is 36.0 Å². The van der Waals surface area contributed by atoms with Crippen LogP contribution in [0, 0.1) is 10.1 Å². The maximum absolute atomic E-state index is 12.1. The van der Waals surface area contributed by atoms with Gasteiger partial charge in [-0.15, -0.1) is 0 Å². The highest BCUT2D eigenvalue weighted by Crippen LogP contribution is 2.30. The van der Waals surface area contributed by atoms with Crippen molar-refractivity contribution in [2.24, 2.45) is 0 Å². The number of likely N-dealkylation sites (tertiary alicyclic amines) is 1. The van der Waals surface area contributed by atoms with Crippen molar-refractivity contribution < 1.29 is 14.5 Å². The Labute approximate surface area is 141 Å². The summed E-state index contributed by atoms with van der Waals surface area (Å²) in [7, 11) is 1.30. The number of hydrogen-bond acceptors (Lipinski definition) is 6. The Hall–Kier alpha value is -2.15. The molecule has 0 amide bonds. The van der Waals surface area contributed by atoms with E-state index in [-0.39, 0.29) is 11.3 Å². The van der Waals surface area contributed by atoms with E-state index >= 15 is 0 Å². The van der Waals surface area contributed by atoms with Crippen LogP contribution >= 0.6 is 0 Å². The minimum Gasteiger partial charge on any atom is -0.465 e. The van der Waals surface area contributed by atoms with Gasteiger partial charge in [0.1, 0.15) is 0 Å². The Kier molecular flexibility index (Phi) is 4.99. The minimum atomic E-state index is -0.531. The highest BCUT2D eigenvalue weighted by atomic mass is 16.6. The van der Waals surface area contributed by atoms with Crippen molar-refractivity contribution in [3.05, 3.63) is 33.9 Å². The molecule has 1 unspecified atom stereocenters. The molecule has 2 heterocycles. The van der Waals surface area contributed by atoms with Gasteiger partial charge in [-0.3, -0.25) is 15.0 Å². The van der Waals surface area contributed by atoms with Gasteiger partial charge in [0.25, 0.3) is 5.69 Å². The molecule has 0 radical (unpaired) electrons. The number of carbonyl (C=O) groups is 1. The van der Waals surface area contributed by atoms with Crippen molar-refractivity contribution in [3.8, 4) is 0 Å². The van der Waals surface area contributed by atoms with Gasteiger partial charge in [-0.1, -0.05) is 0 Å². The first-order valence-electron chi connectivity index (χ1n) is 8.46. The Bertz CT molecular complexity index is 628. The summed E-state index contributed by atoms with van der Waals surface area (Å²) in [4.78, 5) is 27.3. The molecule has 1 aromatic carbocycles. The first-order valence-corrected chi connectivity index (χ1v) is 8.46. The van der Waals surface area contributed by atoms with Crippen molar-refractivity contribution in [2.75, 3.05) is 38.2 Å². The van der Waals surface area contributed by atoms with Crippen LogP contribution < -0.4 is 4.90 Å². The first-order chi connectivity index (χ1) is 11.6. The summed E-state index contributed by atoms with van der Waals surface area (Å²) in [5.41, 5.74) is 0.914. The summed E-state index contributed by atoms with van der Waals surface area (Å²) >= 11 is 0. The van der Waals surface area contributed by atoms with Crippen molar-refractivity contribution in [3.63, 3.8) is 0 Å². The quantitative estimate of drug-likeness (QED) is 0.478. The molecule has 0 aliphatic carbocycles. The van der Waals surface area contributed by atoms with E-state index in [1.165, 1.54) is 32.1 Å². The Morgan fingerprint density at radius 1 is 1.25 bits per heavy atom. The third-order valence-corrected chi connectivity index (χ3v) is 4.99. The zero-order valence-corrected chi connectivity index (χ0v) is 13.9. The highest BCUT2D eigenvalue weighted by Gasteiger charge is 2.29. The van der Waals surface area contributed by atoms with Crippen LogP contribution in [0.5, 0.6) is 0 Å². The molecule has 1 atom stereocenters. The van der Waals surface area contributed by atoms with E-state index in [1.807, 2.05) is 0 Å². The topological polar surface area (TPSA) is 75.9 Å². The third kappa shape index (κ3) is 3.36. The third-order valence-electron chi connectivity index (χ3n) is 4.99. The predicted octanol–water partition coefficient (Wildman–Crippen LogP) is 2.45. The number of nitro groups is 1. The molecule has 2 aliphatic heterocycles. The molecule has 1 aromatic rings. The van der Waals surface area contributed by atoms with Crippen LogP contribution in [-0.2, 0) is 4.74 Å². The van der Waals surface area contributed by atoms with E-state index in [1.54, 1.807) is 6.07 Å². The average molecular weight is 333 g/mol. The van der Waals surface area contributed by atoms with Gasteiger partial charge in [0.05, 0.1) is 23.3 Å². The highest BCUT2D eigenvalue weighted by molar-refractivity contribution is 5.96. The molecule has 0 N–H and O–H groups in total. The molecule has 0 bridgehead atoms. The lowest BCUT2D eigenvalue weighted by Gasteiger charge is -2.39. The summed E-state index contributed by atoms with van der Waals surface area (Å²) < 4.78 is 4.83. The van der Waals surface area contributed by atoms with E-state index in [2.05, 4.69) is 9.80 Å². The number of ether oxygens (including phenoxy) is 1. The van der Waals surface area contributed by atoms with Crippen LogP contribution in [0.2, 0.25) is 0 Å². The normalized spacial score (nSPS) is 21.7. The van der Waals surface area contributed by atoms with Gasteiger partial charge in [0.15, 0.2) is 0 Å². The van der Waals surface area contributed by atoms with Crippen LogP contribution in [0.15, 0.2) is 18.2 Å². The molecule has 24 heavy (non-hydrogen) atoms. The van der Waals surface area contributed by atoms with E-state index in [9.17, 15) is 14.9 Å². The van der Waals surface area contributed by atoms with E-state index in [0.29, 0.717) is 6.04 Å². The second-order valence-electron chi connectivity index (χ2n) is 6.44. The van der Waals surface area contributed by atoms with Crippen molar-refractivity contribution >= 4 is 17.3 Å². The molecule has 2 saturated heterocycles. The Balaban J connectivity index is 1.86. The zero-order valence-electron chi connectivity index (χ0n) is 13.9. The first kappa shape index (κ1) is 16.7. The van der Waals surface area contributed by atoms with E-state index < -0.39 is 10.9 Å². The summed E-state index contributed by atoms with van der Waals surface area (Å²) in [6.45, 7) is 3.99. The number of anilines is 1. The number of rotatable bonds is 4. The Morgan fingerprint density at radius 2 is 2.00 bits per heavy atom. The van der Waals surface area contributed by atoms with Gasteiger partial charge in [0.2, 0.25) is 0 Å². The molecular formula is C17H23N3O4. The number of carbonyl (C=O) groups excluding carboxylic acids is 1. The fourth-order valence-electron chi connectivity index (χ4n) is 3.77. The van der Waals surface area contributed by atoms with Crippen molar-refractivity contribution in [1.82, 2.24) is 4.90 Å². The lowest BCUT2D eigenvalue weighted by molar-refractivity contribution is -0.384. The van der Waals surface area contributed by atoms with Gasteiger partial charge in [0, 0.05) is 31.3 Å². The molecule has 0 spiro atoms. The second kappa shape index (κ2) is 7.17. The summed E-state index contributed by atoms with van der Waals surface area (Å²) in [5.74, 6) is -0.531. The maximum atomic E-state index is 12.1. The number of piperidine rings is 1. The SMILES string of the molecule is COC(=O)c1cc([N+](=O)[O-])ccc1N1CCCC(N2CCCC2)C1. The lowest BCUT2D eigenvalue weighted by Crippen LogP contribution is -2.47. The predicted molar refractivity (Wildman–Crippen MR) is 90.5 cm³/mol. The fraction of sp³-hybridized carbons (Fsp3) is 0.588. The van der Waals surface area contributed by atoms with E-state index in [4.69, 9.17) is 4.74 Å². The molecule has 2 fully saturated rings. The van der Waals surface area contributed by atoms with Crippen LogP contribution in [-0.4, -0.2) is 55.1 Å². The molecule has 0 saturated carbocycles. The lowest BCUT2D eigenvalue weighted by atomic mass is 10.0. The summed E-state index contributed by atoms with van der Waals surface area (Å²) in [5, 5.41) is 11.0. The van der Waals surface area contributed by atoms with Crippen LogP contribution in [0.4, 0.5) is 11.4 Å². The summed E-state index contributed by atoms with van der Waals surface area (Å²) in [6.07, 6.45) is 4.72. The number of hydrogen-bond donors (Lipinski definition) is 0. The van der Waals surface area contributed by atoms with Gasteiger partial charge in [-0.2, -0.15) is 0 Å². The molecule has 3 rings (SSSR count). The van der Waals surface area contributed by atoms with Gasteiger partial charge in [-0.25, -0.2) is 4.79 Å². The number of nitrogens with zero attached hydrogens (tertiary/aromatic N) is 3. The fourth-order valence-corrected chi connectivity index (χ4v) is 3.77. The van der Waals surface area contributed by atoms with E-state index in [0.717, 1.165) is 44.7 Å². The average Bonchev–Trinajstić information content (AvgIpc) is 3.15. The number of methoxy groups -OCH3 is 1. The standard InChI is InChI=1S/C17H23N3O4/c1-24-17(21)15-11-13(20(22)23)6-7-16(15)19-10-4-5-14(12-19)18-8-2-3-9-18/h6-7,11,14H,2-5,8-10,12H2,1H3. The van der Waals surface area contributed by atoms with Gasteiger partial charge < -0.3 is 9.64 Å². The van der Waals surface area contributed by atoms with Crippen molar-refractivity contribution in [2.45, 2.75) is 31.7 Å². The largest absolute Gasteiger partial charge is 0.465 e. The van der Waals surface area contributed by atoms with Crippen LogP contribution in [0.3, 0.4) is 0 Å². The smallest absolute Gasteiger partial charge is 0.340 e. The second-order valence-corrected chi connectivity index (χ2v) is 6.44. The van der Waals surface area contributed by atoms with Crippen LogP contribution in [0.25, 0.3) is 0 Å². The zero-order chi connectivity index (χ0) is 17.1. The molecule has 7 nitrogen and oxygen atoms in total. The number of nitro benzene ring substituents is 1. The molecule has 7 heteroatoms. The summed E-state index contributed by atoms with van der Waals surface area (Å²) in [6, 6.07) is 4.94. The molecule has 130 valence electrons. The molecule has 0 aromatic heterocycles. The monoisotopic (exact) mass is 333 g/mol. The maximum Gasteiger partial charge on any atom is 0.340 e. The molecular weight excluding hydrogens is 310 g/mol. The number of benzene rings is 1. The number of non-ortho nitro benzene ring substituents is 1. The molecule has 2 aliphatic rings. The number of esters is 1. The Morgan fingerprint density at radius 3 is 2.67 bits per heavy atom. The van der Waals surface area contributed by atoms with Crippen molar-refractivity contribution in [1.29, 1.82) is 0 Å². The van der Waals surface area contributed by atoms with Gasteiger partial charge in [-0.05, 0) is 44.8 Å².